The molecule has 10 nitrogen and oxygen atoms in total. The van der Waals surface area contributed by atoms with Gasteiger partial charge in [-0.15, -0.1) is 0 Å². The average Bonchev–Trinajstić information content (AvgIpc) is 3.20. The summed E-state index contributed by atoms with van der Waals surface area (Å²) < 4.78 is 12.4. The first kappa shape index (κ1) is 37.3. The van der Waals surface area contributed by atoms with Crippen LogP contribution in [0.3, 0.4) is 0 Å². The lowest BCUT2D eigenvalue weighted by atomic mass is 9.92. The van der Waals surface area contributed by atoms with E-state index < -0.39 is 23.8 Å². The number of hydroxylamine groups is 1. The fraction of sp³-hybridized carbons (Fsp3) is 0.159. The number of benzene rings is 6. The van der Waals surface area contributed by atoms with Crippen LogP contribution in [-0.2, 0) is 21.0 Å². The third-order valence-electron chi connectivity index (χ3n) is 8.73. The van der Waals surface area contributed by atoms with Gasteiger partial charge in [-0.2, -0.15) is 0 Å². The summed E-state index contributed by atoms with van der Waals surface area (Å²) in [5.41, 5.74) is 11.4. The summed E-state index contributed by atoms with van der Waals surface area (Å²) in [5.74, 6) is -0.284. The first-order chi connectivity index (χ1) is 26.4. The molecule has 0 bridgehead atoms. The van der Waals surface area contributed by atoms with E-state index in [-0.39, 0.29) is 18.8 Å². The lowest BCUT2D eigenvalue weighted by molar-refractivity contribution is -0.128. The van der Waals surface area contributed by atoms with Crippen molar-refractivity contribution in [3.63, 3.8) is 0 Å². The zero-order valence-corrected chi connectivity index (χ0v) is 29.8. The first-order valence-electron chi connectivity index (χ1n) is 17.7. The number of ether oxygens (including phenoxy) is 2. The van der Waals surface area contributed by atoms with E-state index in [1.54, 1.807) is 24.3 Å². The van der Waals surface area contributed by atoms with Crippen LogP contribution in [0.5, 0.6) is 11.5 Å². The van der Waals surface area contributed by atoms with Gasteiger partial charge in [0, 0.05) is 22.4 Å². The van der Waals surface area contributed by atoms with E-state index >= 15 is 0 Å². The fourth-order valence-corrected chi connectivity index (χ4v) is 6.16. The number of nitrogens with two attached hydrogens (primary N) is 1. The Kier molecular flexibility index (Phi) is 12.6. The number of amides is 3. The molecule has 54 heavy (non-hydrogen) atoms. The monoisotopic (exact) mass is 722 g/mol. The van der Waals surface area contributed by atoms with Gasteiger partial charge >= 0.3 is 0 Å². The molecule has 3 amide bonds. The zero-order valence-electron chi connectivity index (χ0n) is 29.8. The molecule has 6 aromatic carbocycles. The van der Waals surface area contributed by atoms with Crippen LogP contribution >= 0.6 is 0 Å². The molecule has 0 radical (unpaired) electrons. The van der Waals surface area contributed by atoms with E-state index in [1.807, 2.05) is 103 Å². The van der Waals surface area contributed by atoms with Crippen molar-refractivity contribution in [2.75, 3.05) is 25.1 Å². The maximum atomic E-state index is 13.5. The van der Waals surface area contributed by atoms with Gasteiger partial charge in [0.15, 0.2) is 6.61 Å². The highest BCUT2D eigenvalue weighted by Gasteiger charge is 2.23. The maximum Gasteiger partial charge on any atom is 0.274 e. The van der Waals surface area contributed by atoms with Gasteiger partial charge in [0.1, 0.15) is 24.1 Å². The van der Waals surface area contributed by atoms with E-state index in [9.17, 15) is 14.4 Å². The molecule has 5 N–H and O–H groups in total. The second-order valence-corrected chi connectivity index (χ2v) is 12.5. The van der Waals surface area contributed by atoms with Crippen LogP contribution in [0.2, 0.25) is 0 Å². The minimum Gasteiger partial charge on any atom is -0.489 e. The van der Waals surface area contributed by atoms with Crippen molar-refractivity contribution in [3.05, 3.63) is 151 Å². The van der Waals surface area contributed by atoms with E-state index in [0.29, 0.717) is 43.2 Å². The van der Waals surface area contributed by atoms with Gasteiger partial charge in [0.25, 0.3) is 11.8 Å². The van der Waals surface area contributed by atoms with Crippen molar-refractivity contribution in [1.82, 2.24) is 10.8 Å². The zero-order chi connectivity index (χ0) is 37.7. The van der Waals surface area contributed by atoms with Gasteiger partial charge in [0.05, 0.1) is 6.61 Å². The largest absolute Gasteiger partial charge is 0.489 e. The molecule has 274 valence electrons. The standard InChI is InChI=1S/C44H42N4O6/c1-2-26-52-38-23-21-31-14-6-8-18-35(31)41(38)42-36-19-9-7-15-32(36)22-24-39(42)53-29-40(49)47-37(20-11-25-45)44(51)46-34-17-10-16-33(27-34)43(50)48-54-28-30-12-4-3-5-13-30/h2-10,12-19,21-24,27,37H,1,11,20,25-26,28-29,45H2,(H,46,51)(H,47,49)(H,48,50)/t37-/m1/s1. The Bertz CT molecular complexity index is 2260. The lowest BCUT2D eigenvalue weighted by Crippen LogP contribution is -2.45. The third-order valence-corrected chi connectivity index (χ3v) is 8.73. The Balaban J connectivity index is 1.17. The van der Waals surface area contributed by atoms with Crippen LogP contribution in [0, 0.1) is 0 Å². The molecular weight excluding hydrogens is 681 g/mol. The van der Waals surface area contributed by atoms with Crippen LogP contribution in [0.15, 0.2) is 140 Å². The van der Waals surface area contributed by atoms with Gasteiger partial charge in [-0.1, -0.05) is 110 Å². The summed E-state index contributed by atoms with van der Waals surface area (Å²) in [6.45, 7) is 4.29. The SMILES string of the molecule is C=CCOc1ccc2ccccc2c1-c1c(OCC(=O)N[C@H](CCCN)C(=O)Nc2cccc(C(=O)NOCc3ccccc3)c2)ccc2ccccc12. The van der Waals surface area contributed by atoms with Crippen molar-refractivity contribution in [1.29, 1.82) is 0 Å². The molecule has 0 unspecified atom stereocenters. The van der Waals surface area contributed by atoms with Gasteiger partial charge < -0.3 is 25.8 Å². The summed E-state index contributed by atoms with van der Waals surface area (Å²) in [6, 6.07) is 38.7. The number of hydrogen-bond acceptors (Lipinski definition) is 7. The number of carbonyl (C=O) groups is 3. The summed E-state index contributed by atoms with van der Waals surface area (Å²) in [6.07, 6.45) is 2.48. The minimum atomic E-state index is -0.913. The number of fused-ring (bicyclic) bond motifs is 2. The summed E-state index contributed by atoms with van der Waals surface area (Å²) in [7, 11) is 0. The van der Waals surface area contributed by atoms with Crippen molar-refractivity contribution >= 4 is 45.0 Å². The molecule has 0 saturated heterocycles. The molecule has 10 heteroatoms. The van der Waals surface area contributed by atoms with Gasteiger partial charge in [-0.25, -0.2) is 5.48 Å². The average molecular weight is 723 g/mol. The molecule has 6 rings (SSSR count). The molecule has 0 aliphatic heterocycles. The topological polar surface area (TPSA) is 141 Å². The van der Waals surface area contributed by atoms with Crippen molar-refractivity contribution in [2.45, 2.75) is 25.5 Å². The van der Waals surface area contributed by atoms with Crippen LogP contribution < -0.4 is 31.3 Å². The molecule has 0 aliphatic rings. The molecule has 0 aromatic heterocycles. The summed E-state index contributed by atoms with van der Waals surface area (Å²) >= 11 is 0. The Morgan fingerprint density at radius 2 is 1.39 bits per heavy atom. The molecule has 0 aliphatic carbocycles. The highest BCUT2D eigenvalue weighted by molar-refractivity contribution is 6.10. The first-order valence-corrected chi connectivity index (χ1v) is 17.7. The second kappa shape index (κ2) is 18.3. The predicted octanol–water partition coefficient (Wildman–Crippen LogP) is 7.33. The number of rotatable bonds is 17. The quantitative estimate of drug-likeness (QED) is 0.0571. The van der Waals surface area contributed by atoms with Crippen LogP contribution in [0.4, 0.5) is 5.69 Å². The second-order valence-electron chi connectivity index (χ2n) is 12.5. The molecule has 0 fully saturated rings. The van der Waals surface area contributed by atoms with E-state index in [1.165, 1.54) is 6.07 Å². The summed E-state index contributed by atoms with van der Waals surface area (Å²) in [4.78, 5) is 45.1. The predicted molar refractivity (Wildman–Crippen MR) is 212 cm³/mol. The summed E-state index contributed by atoms with van der Waals surface area (Å²) in [5, 5.41) is 9.54. The van der Waals surface area contributed by atoms with Crippen LogP contribution in [0.25, 0.3) is 32.7 Å². The Hall–Kier alpha value is -6.49. The van der Waals surface area contributed by atoms with Crippen molar-refractivity contribution < 1.29 is 28.7 Å². The van der Waals surface area contributed by atoms with Crippen LogP contribution in [0.1, 0.15) is 28.8 Å². The Morgan fingerprint density at radius 1 is 0.741 bits per heavy atom. The number of anilines is 1. The van der Waals surface area contributed by atoms with E-state index in [2.05, 4.69) is 22.7 Å². The molecule has 1 atom stereocenters. The van der Waals surface area contributed by atoms with Crippen molar-refractivity contribution in [2.24, 2.45) is 5.73 Å². The number of carbonyl (C=O) groups excluding carboxylic acids is 3. The van der Waals surface area contributed by atoms with Gasteiger partial charge in [0.2, 0.25) is 5.91 Å². The lowest BCUT2D eigenvalue weighted by Gasteiger charge is -2.21. The third kappa shape index (κ3) is 9.29. The van der Waals surface area contributed by atoms with E-state index in [4.69, 9.17) is 20.0 Å². The molecule has 0 spiro atoms. The fourth-order valence-electron chi connectivity index (χ4n) is 6.16. The highest BCUT2D eigenvalue weighted by Crippen LogP contribution is 2.45. The van der Waals surface area contributed by atoms with Crippen molar-refractivity contribution in [3.8, 4) is 22.6 Å². The Morgan fingerprint density at radius 3 is 2.06 bits per heavy atom. The molecule has 0 heterocycles. The number of nitrogens with one attached hydrogen (secondary N) is 3. The number of hydrogen-bond donors (Lipinski definition) is 4. The maximum absolute atomic E-state index is 13.5. The van der Waals surface area contributed by atoms with Gasteiger partial charge in [-0.3, -0.25) is 19.2 Å². The highest BCUT2D eigenvalue weighted by atomic mass is 16.6. The van der Waals surface area contributed by atoms with Crippen LogP contribution in [-0.4, -0.2) is 43.5 Å². The van der Waals surface area contributed by atoms with Gasteiger partial charge in [-0.05, 0) is 76.8 Å². The van der Waals surface area contributed by atoms with E-state index in [0.717, 1.165) is 38.2 Å². The molecule has 0 saturated carbocycles. The molecule has 6 aromatic rings. The normalized spacial score (nSPS) is 11.4. The molecular formula is C44H42N4O6. The Labute approximate surface area is 313 Å². The minimum absolute atomic E-state index is 0.200. The smallest absolute Gasteiger partial charge is 0.274 e.